The summed E-state index contributed by atoms with van der Waals surface area (Å²) >= 11 is 0. The fourth-order valence-corrected chi connectivity index (χ4v) is 4.80. The van der Waals surface area contributed by atoms with Crippen LogP contribution in [0, 0.1) is 11.8 Å². The molecule has 0 unspecified atom stereocenters. The number of amides is 2. The summed E-state index contributed by atoms with van der Waals surface area (Å²) in [6.07, 6.45) is 8.55. The molecule has 2 N–H and O–H groups in total. The Hall–Kier alpha value is -2.74. The lowest BCUT2D eigenvalue weighted by atomic mass is 9.91. The molecule has 0 aliphatic carbocycles. The first-order valence-corrected chi connectivity index (χ1v) is 10.7. The maximum absolute atomic E-state index is 13.1. The molecule has 2 fully saturated rings. The third-order valence-electron chi connectivity index (χ3n) is 6.02. The maximum atomic E-state index is 13.1. The number of nitrogens with zero attached hydrogens (tertiary/aromatic N) is 4. The van der Waals surface area contributed by atoms with Crippen molar-refractivity contribution in [1.82, 2.24) is 30.1 Å². The summed E-state index contributed by atoms with van der Waals surface area (Å²) < 4.78 is 0. The molecule has 2 aromatic rings. The molecule has 0 radical (unpaired) electrons. The molecule has 2 aliphatic heterocycles. The number of aromatic amines is 1. The van der Waals surface area contributed by atoms with Crippen molar-refractivity contribution < 1.29 is 9.59 Å². The van der Waals surface area contributed by atoms with Crippen LogP contribution in [0.2, 0.25) is 0 Å². The van der Waals surface area contributed by atoms with E-state index in [1.807, 2.05) is 17.0 Å². The SMILES string of the molecule is CC(C)C[C@@H]1[C@H](C(=O)NCc2cccnc2)C[C@@H]2CN(Cc3ncc[nH]3)CC(=O)N21. The lowest BCUT2D eigenvalue weighted by Crippen LogP contribution is -2.56. The molecule has 0 saturated carbocycles. The molecule has 0 aromatic carbocycles. The quantitative estimate of drug-likeness (QED) is 0.723. The normalized spacial score (nSPS) is 24.3. The Morgan fingerprint density at radius 2 is 2.23 bits per heavy atom. The highest BCUT2D eigenvalue weighted by Crippen LogP contribution is 2.36. The van der Waals surface area contributed by atoms with Gasteiger partial charge in [0.25, 0.3) is 0 Å². The van der Waals surface area contributed by atoms with Crippen LogP contribution in [-0.4, -0.2) is 61.7 Å². The van der Waals surface area contributed by atoms with Crippen molar-refractivity contribution in [3.8, 4) is 0 Å². The Kier molecular flexibility index (Phi) is 6.13. The zero-order valence-electron chi connectivity index (χ0n) is 17.6. The second kappa shape index (κ2) is 8.95. The lowest BCUT2D eigenvalue weighted by molar-refractivity contribution is -0.141. The van der Waals surface area contributed by atoms with E-state index in [1.165, 1.54) is 0 Å². The number of H-pyrrole nitrogens is 1. The van der Waals surface area contributed by atoms with Gasteiger partial charge in [0.15, 0.2) is 0 Å². The molecule has 30 heavy (non-hydrogen) atoms. The summed E-state index contributed by atoms with van der Waals surface area (Å²) in [4.78, 5) is 41.8. The number of rotatable bonds is 7. The van der Waals surface area contributed by atoms with Gasteiger partial charge in [0.1, 0.15) is 5.82 Å². The van der Waals surface area contributed by atoms with Crippen molar-refractivity contribution in [3.63, 3.8) is 0 Å². The van der Waals surface area contributed by atoms with E-state index in [4.69, 9.17) is 0 Å². The number of imidazole rings is 1. The van der Waals surface area contributed by atoms with Crippen LogP contribution in [0.15, 0.2) is 36.9 Å². The zero-order valence-corrected chi connectivity index (χ0v) is 17.6. The van der Waals surface area contributed by atoms with Gasteiger partial charge in [-0.05, 0) is 30.4 Å². The third-order valence-corrected chi connectivity index (χ3v) is 6.02. The molecule has 3 atom stereocenters. The van der Waals surface area contributed by atoms with E-state index < -0.39 is 0 Å². The second-order valence-corrected chi connectivity index (χ2v) is 8.78. The number of hydrogen-bond donors (Lipinski definition) is 2. The number of aromatic nitrogens is 3. The summed E-state index contributed by atoms with van der Waals surface area (Å²) in [5.41, 5.74) is 0.975. The van der Waals surface area contributed by atoms with Crippen molar-refractivity contribution in [2.45, 2.75) is 51.9 Å². The van der Waals surface area contributed by atoms with Gasteiger partial charge in [-0.2, -0.15) is 0 Å². The third kappa shape index (κ3) is 4.53. The predicted octanol–water partition coefficient (Wildman–Crippen LogP) is 1.57. The van der Waals surface area contributed by atoms with Crippen molar-refractivity contribution in [1.29, 1.82) is 0 Å². The molecule has 2 saturated heterocycles. The van der Waals surface area contributed by atoms with Crippen LogP contribution in [0.1, 0.15) is 38.1 Å². The van der Waals surface area contributed by atoms with E-state index in [0.29, 0.717) is 32.0 Å². The van der Waals surface area contributed by atoms with E-state index in [2.05, 4.69) is 39.0 Å². The van der Waals surface area contributed by atoms with Crippen LogP contribution in [0.5, 0.6) is 0 Å². The fourth-order valence-electron chi connectivity index (χ4n) is 4.80. The molecular weight excluding hydrogens is 380 g/mol. The van der Waals surface area contributed by atoms with E-state index in [-0.39, 0.29) is 29.8 Å². The molecule has 0 spiro atoms. The van der Waals surface area contributed by atoms with Gasteiger partial charge < -0.3 is 15.2 Å². The summed E-state index contributed by atoms with van der Waals surface area (Å²) in [6.45, 7) is 6.52. The molecule has 2 aromatic heterocycles. The van der Waals surface area contributed by atoms with Crippen LogP contribution in [0.3, 0.4) is 0 Å². The Balaban J connectivity index is 1.45. The van der Waals surface area contributed by atoms with Gasteiger partial charge in [-0.1, -0.05) is 19.9 Å². The Morgan fingerprint density at radius 3 is 2.93 bits per heavy atom. The number of fused-ring (bicyclic) bond motifs is 1. The van der Waals surface area contributed by atoms with Gasteiger partial charge in [0, 0.05) is 50.0 Å². The van der Waals surface area contributed by atoms with Gasteiger partial charge in [0.2, 0.25) is 11.8 Å². The summed E-state index contributed by atoms with van der Waals surface area (Å²) in [6, 6.07) is 3.85. The van der Waals surface area contributed by atoms with Gasteiger partial charge in [0.05, 0.1) is 19.0 Å². The molecule has 8 heteroatoms. The van der Waals surface area contributed by atoms with Crippen LogP contribution in [-0.2, 0) is 22.7 Å². The van der Waals surface area contributed by atoms with Gasteiger partial charge in [-0.25, -0.2) is 4.98 Å². The maximum Gasteiger partial charge on any atom is 0.237 e. The Morgan fingerprint density at radius 1 is 1.37 bits per heavy atom. The zero-order chi connectivity index (χ0) is 21.1. The van der Waals surface area contributed by atoms with Crippen LogP contribution in [0.4, 0.5) is 0 Å². The average Bonchev–Trinajstić information content (AvgIpc) is 3.35. The van der Waals surface area contributed by atoms with E-state index in [1.54, 1.807) is 24.8 Å². The van der Waals surface area contributed by atoms with Gasteiger partial charge >= 0.3 is 0 Å². The number of pyridine rings is 1. The average molecular weight is 411 g/mol. The highest BCUT2D eigenvalue weighted by Gasteiger charge is 2.49. The van der Waals surface area contributed by atoms with Crippen molar-refractivity contribution in [3.05, 3.63) is 48.3 Å². The Bertz CT molecular complexity index is 854. The molecule has 4 rings (SSSR count). The smallest absolute Gasteiger partial charge is 0.237 e. The molecule has 0 bridgehead atoms. The molecule has 4 heterocycles. The van der Waals surface area contributed by atoms with Crippen molar-refractivity contribution in [2.24, 2.45) is 11.8 Å². The first-order valence-electron chi connectivity index (χ1n) is 10.7. The molecule has 160 valence electrons. The van der Waals surface area contributed by atoms with Gasteiger partial charge in [-0.3, -0.25) is 19.5 Å². The standard InChI is InChI=1S/C22H30N6O2/c1-15(2)8-19-18(22(30)26-11-16-4-3-5-23-10-16)9-17-12-27(14-21(29)28(17)19)13-20-24-6-7-25-20/h3-7,10,15,17-19H,8-9,11-14H2,1-2H3,(H,24,25)(H,26,30)/t17-,18-,19-/m1/s1. The number of carbonyl (C=O) groups is 2. The first-order chi connectivity index (χ1) is 14.5. The van der Waals surface area contributed by atoms with Crippen molar-refractivity contribution in [2.75, 3.05) is 13.1 Å². The minimum Gasteiger partial charge on any atom is -0.352 e. The van der Waals surface area contributed by atoms with E-state index >= 15 is 0 Å². The first kappa shape index (κ1) is 20.5. The molecule has 2 amide bonds. The lowest BCUT2D eigenvalue weighted by Gasteiger charge is -2.40. The van der Waals surface area contributed by atoms with E-state index in [9.17, 15) is 9.59 Å². The summed E-state index contributed by atoms with van der Waals surface area (Å²) in [5.74, 6) is 1.24. The van der Waals surface area contributed by atoms with E-state index in [0.717, 1.165) is 24.4 Å². The number of nitrogens with one attached hydrogen (secondary N) is 2. The number of carbonyl (C=O) groups excluding carboxylic acids is 2. The highest BCUT2D eigenvalue weighted by molar-refractivity contribution is 5.84. The number of piperazine rings is 1. The van der Waals surface area contributed by atoms with Gasteiger partial charge in [-0.15, -0.1) is 0 Å². The van der Waals surface area contributed by atoms with Crippen LogP contribution in [0.25, 0.3) is 0 Å². The topological polar surface area (TPSA) is 94.2 Å². The monoisotopic (exact) mass is 410 g/mol. The van der Waals surface area contributed by atoms with Crippen LogP contribution < -0.4 is 5.32 Å². The van der Waals surface area contributed by atoms with Crippen LogP contribution >= 0.6 is 0 Å². The second-order valence-electron chi connectivity index (χ2n) is 8.78. The summed E-state index contributed by atoms with van der Waals surface area (Å²) in [7, 11) is 0. The largest absolute Gasteiger partial charge is 0.352 e. The molecule has 2 aliphatic rings. The predicted molar refractivity (Wildman–Crippen MR) is 112 cm³/mol. The summed E-state index contributed by atoms with van der Waals surface area (Å²) in [5, 5.41) is 3.07. The number of hydrogen-bond acceptors (Lipinski definition) is 5. The minimum atomic E-state index is -0.179. The minimum absolute atomic E-state index is 0.0317. The molecular formula is C22H30N6O2. The molecule has 8 nitrogen and oxygen atoms in total. The Labute approximate surface area is 177 Å². The van der Waals surface area contributed by atoms with Crippen molar-refractivity contribution >= 4 is 11.8 Å². The highest BCUT2D eigenvalue weighted by atomic mass is 16.2. The fraction of sp³-hybridized carbons (Fsp3) is 0.545.